The van der Waals surface area contributed by atoms with E-state index in [0.717, 1.165) is 44.9 Å². The van der Waals surface area contributed by atoms with Gasteiger partial charge in [-0.15, -0.1) is 6.58 Å². The van der Waals surface area contributed by atoms with Crippen molar-refractivity contribution in [1.29, 1.82) is 0 Å². The first-order chi connectivity index (χ1) is 16.5. The Balaban J connectivity index is 1.89. The first kappa shape index (κ1) is 25.5. The lowest BCUT2D eigenvalue weighted by Gasteiger charge is -2.32. The Morgan fingerprint density at radius 1 is 1.24 bits per heavy atom. The van der Waals surface area contributed by atoms with Gasteiger partial charge in [-0.05, 0) is 31.2 Å². The molecule has 1 aliphatic rings. The van der Waals surface area contributed by atoms with Crippen molar-refractivity contribution in [3.05, 3.63) is 69.4 Å². The summed E-state index contributed by atoms with van der Waals surface area (Å²) in [5.41, 5.74) is 6.54. The van der Waals surface area contributed by atoms with E-state index in [0.29, 0.717) is 19.6 Å². The fourth-order valence-corrected chi connectivity index (χ4v) is 4.64. The molecule has 1 fully saturated rings. The molecule has 0 bridgehead atoms. The SMILES string of the molecule is C=CCN(CCc1ccccc1)CC(=O)N(c1c(N)n(CCCC)c(=O)[nH]c1=O)C1CCCC1. The topological polar surface area (TPSA) is 104 Å². The maximum absolute atomic E-state index is 13.7. The number of aromatic nitrogens is 2. The molecule has 8 nitrogen and oxygen atoms in total. The highest BCUT2D eigenvalue weighted by Crippen LogP contribution is 2.29. The number of anilines is 2. The number of benzene rings is 1. The van der Waals surface area contributed by atoms with Crippen LogP contribution in [0.5, 0.6) is 0 Å². The van der Waals surface area contributed by atoms with Crippen LogP contribution in [0.1, 0.15) is 51.0 Å². The number of hydrogen-bond donors (Lipinski definition) is 2. The Hall–Kier alpha value is -3.13. The summed E-state index contributed by atoms with van der Waals surface area (Å²) < 4.78 is 1.38. The van der Waals surface area contributed by atoms with Gasteiger partial charge >= 0.3 is 5.69 Å². The number of carbonyl (C=O) groups excluding carboxylic acids is 1. The number of nitrogen functional groups attached to an aromatic ring is 1. The van der Waals surface area contributed by atoms with Crippen LogP contribution < -0.4 is 21.9 Å². The van der Waals surface area contributed by atoms with Crippen LogP contribution in [0.4, 0.5) is 11.5 Å². The Bertz CT molecular complexity index is 1070. The number of carbonyl (C=O) groups is 1. The molecule has 0 radical (unpaired) electrons. The van der Waals surface area contributed by atoms with E-state index in [2.05, 4.69) is 23.7 Å². The van der Waals surface area contributed by atoms with E-state index in [1.165, 1.54) is 10.1 Å². The number of amides is 1. The zero-order chi connectivity index (χ0) is 24.5. The molecule has 184 valence electrons. The molecule has 1 aliphatic carbocycles. The minimum Gasteiger partial charge on any atom is -0.383 e. The van der Waals surface area contributed by atoms with Crippen molar-refractivity contribution in [3.63, 3.8) is 0 Å². The van der Waals surface area contributed by atoms with Crippen LogP contribution in [0.3, 0.4) is 0 Å². The molecular formula is C26H37N5O3. The molecule has 3 rings (SSSR count). The van der Waals surface area contributed by atoms with Crippen LogP contribution >= 0.6 is 0 Å². The second-order valence-electron chi connectivity index (χ2n) is 8.96. The number of unbranched alkanes of at least 4 members (excludes halogenated alkanes) is 1. The van der Waals surface area contributed by atoms with Crippen molar-refractivity contribution in [2.24, 2.45) is 0 Å². The molecule has 1 saturated carbocycles. The minimum atomic E-state index is -0.602. The summed E-state index contributed by atoms with van der Waals surface area (Å²) in [5.74, 6) is -0.110. The third-order valence-electron chi connectivity index (χ3n) is 6.45. The van der Waals surface area contributed by atoms with E-state index >= 15 is 0 Å². The van der Waals surface area contributed by atoms with Crippen LogP contribution in [0.2, 0.25) is 0 Å². The van der Waals surface area contributed by atoms with E-state index in [1.807, 2.05) is 30.0 Å². The zero-order valence-corrected chi connectivity index (χ0v) is 20.2. The normalized spacial score (nSPS) is 13.9. The summed E-state index contributed by atoms with van der Waals surface area (Å²) in [6.07, 6.45) is 7.82. The van der Waals surface area contributed by atoms with Crippen LogP contribution in [0, 0.1) is 0 Å². The quantitative estimate of drug-likeness (QED) is 0.467. The predicted octanol–water partition coefficient (Wildman–Crippen LogP) is 2.93. The molecular weight excluding hydrogens is 430 g/mol. The molecule has 1 amide bonds. The lowest BCUT2D eigenvalue weighted by atomic mass is 10.1. The van der Waals surface area contributed by atoms with Crippen LogP contribution in [-0.2, 0) is 17.8 Å². The third kappa shape index (κ3) is 6.26. The number of hydrogen-bond acceptors (Lipinski definition) is 5. The predicted molar refractivity (Wildman–Crippen MR) is 137 cm³/mol. The molecule has 0 spiro atoms. The van der Waals surface area contributed by atoms with Gasteiger partial charge < -0.3 is 10.6 Å². The van der Waals surface area contributed by atoms with Gasteiger partial charge in [-0.25, -0.2) is 4.79 Å². The second-order valence-corrected chi connectivity index (χ2v) is 8.96. The highest BCUT2D eigenvalue weighted by molar-refractivity contribution is 5.97. The molecule has 3 N–H and O–H groups in total. The maximum Gasteiger partial charge on any atom is 0.330 e. The monoisotopic (exact) mass is 467 g/mol. The van der Waals surface area contributed by atoms with E-state index in [1.54, 1.807) is 11.0 Å². The van der Waals surface area contributed by atoms with Gasteiger partial charge in [-0.1, -0.05) is 62.6 Å². The molecule has 0 atom stereocenters. The molecule has 8 heteroatoms. The summed E-state index contributed by atoms with van der Waals surface area (Å²) in [6.45, 7) is 7.64. The number of nitrogens with one attached hydrogen (secondary N) is 1. The van der Waals surface area contributed by atoms with Crippen molar-refractivity contribution in [2.75, 3.05) is 30.3 Å². The van der Waals surface area contributed by atoms with Crippen LogP contribution in [-0.4, -0.2) is 46.0 Å². The standard InChI is InChI=1S/C26H37N5O3/c1-3-5-17-30-24(27)23(25(33)28-26(30)34)31(21-13-9-10-14-21)22(32)19-29(16-4-2)18-15-20-11-7-6-8-12-20/h4,6-8,11-12,21H,2-3,5,9-10,13-19,27H2,1H3,(H,28,33,34). The molecule has 0 unspecified atom stereocenters. The summed E-state index contributed by atoms with van der Waals surface area (Å²) in [4.78, 5) is 45.0. The van der Waals surface area contributed by atoms with Gasteiger partial charge in [0.05, 0.1) is 6.54 Å². The average molecular weight is 468 g/mol. The molecule has 34 heavy (non-hydrogen) atoms. The fraction of sp³-hybridized carbons (Fsp3) is 0.500. The van der Waals surface area contributed by atoms with Gasteiger partial charge in [0.15, 0.2) is 5.69 Å². The van der Waals surface area contributed by atoms with Crippen molar-refractivity contribution in [3.8, 4) is 0 Å². The molecule has 0 saturated heterocycles. The van der Waals surface area contributed by atoms with Gasteiger partial charge in [0.2, 0.25) is 5.91 Å². The zero-order valence-electron chi connectivity index (χ0n) is 20.2. The molecule has 0 aliphatic heterocycles. The van der Waals surface area contributed by atoms with Crippen molar-refractivity contribution < 1.29 is 4.79 Å². The van der Waals surface area contributed by atoms with E-state index in [-0.39, 0.29) is 30.0 Å². The lowest BCUT2D eigenvalue weighted by molar-refractivity contribution is -0.120. The highest BCUT2D eigenvalue weighted by Gasteiger charge is 2.33. The third-order valence-corrected chi connectivity index (χ3v) is 6.45. The number of nitrogens with two attached hydrogens (primary N) is 1. The Morgan fingerprint density at radius 2 is 1.94 bits per heavy atom. The number of aromatic amines is 1. The summed E-state index contributed by atoms with van der Waals surface area (Å²) in [5, 5.41) is 0. The van der Waals surface area contributed by atoms with E-state index < -0.39 is 11.2 Å². The molecule has 2 aromatic rings. The van der Waals surface area contributed by atoms with Crippen molar-refractivity contribution >= 4 is 17.4 Å². The van der Waals surface area contributed by atoms with Gasteiger partial charge in [0.1, 0.15) is 5.82 Å². The fourth-order valence-electron chi connectivity index (χ4n) is 4.64. The number of nitrogens with zero attached hydrogens (tertiary/aromatic N) is 3. The first-order valence-corrected chi connectivity index (χ1v) is 12.3. The molecule has 1 aromatic carbocycles. The first-order valence-electron chi connectivity index (χ1n) is 12.3. The largest absolute Gasteiger partial charge is 0.383 e. The van der Waals surface area contributed by atoms with Crippen LogP contribution in [0.15, 0.2) is 52.6 Å². The lowest BCUT2D eigenvalue weighted by Crippen LogP contribution is -2.49. The minimum absolute atomic E-state index is 0.0713. The summed E-state index contributed by atoms with van der Waals surface area (Å²) in [7, 11) is 0. The van der Waals surface area contributed by atoms with Gasteiger partial charge in [0, 0.05) is 25.7 Å². The number of rotatable bonds is 12. The van der Waals surface area contributed by atoms with Crippen LogP contribution in [0.25, 0.3) is 0 Å². The van der Waals surface area contributed by atoms with Gasteiger partial charge in [-0.3, -0.25) is 24.0 Å². The Morgan fingerprint density at radius 3 is 2.59 bits per heavy atom. The smallest absolute Gasteiger partial charge is 0.330 e. The van der Waals surface area contributed by atoms with Crippen molar-refractivity contribution in [1.82, 2.24) is 14.5 Å². The number of H-pyrrole nitrogens is 1. The Labute approximate surface area is 201 Å². The van der Waals surface area contributed by atoms with E-state index in [9.17, 15) is 14.4 Å². The average Bonchev–Trinajstić information content (AvgIpc) is 3.35. The summed E-state index contributed by atoms with van der Waals surface area (Å²) in [6, 6.07) is 10.0. The second kappa shape index (κ2) is 12.4. The maximum atomic E-state index is 13.7. The van der Waals surface area contributed by atoms with Crippen molar-refractivity contribution in [2.45, 2.75) is 64.5 Å². The Kier molecular flexibility index (Phi) is 9.27. The summed E-state index contributed by atoms with van der Waals surface area (Å²) >= 11 is 0. The molecule has 1 heterocycles. The highest BCUT2D eigenvalue weighted by atomic mass is 16.2. The van der Waals surface area contributed by atoms with Gasteiger partial charge in [-0.2, -0.15) is 0 Å². The van der Waals surface area contributed by atoms with Gasteiger partial charge in [0.25, 0.3) is 5.56 Å². The van der Waals surface area contributed by atoms with E-state index in [4.69, 9.17) is 5.73 Å². The molecule has 1 aromatic heterocycles.